The molecule has 4 nitrogen and oxygen atoms in total. The normalized spacial score (nSPS) is 25.0. The summed E-state index contributed by atoms with van der Waals surface area (Å²) in [5.41, 5.74) is 3.13. The summed E-state index contributed by atoms with van der Waals surface area (Å²) in [7, 11) is 2.03. The van der Waals surface area contributed by atoms with Gasteiger partial charge in [0.05, 0.1) is 22.7 Å². The topological polar surface area (TPSA) is 48.3 Å². The maximum absolute atomic E-state index is 9.04. The summed E-state index contributed by atoms with van der Waals surface area (Å²) in [6, 6.07) is 16.7. The first kappa shape index (κ1) is 17.4. The molecule has 1 aliphatic heterocycles. The van der Waals surface area contributed by atoms with Crippen LogP contribution in [-0.4, -0.2) is 37.1 Å². The summed E-state index contributed by atoms with van der Waals surface area (Å²) in [6.07, 6.45) is 2.10. The van der Waals surface area contributed by atoms with E-state index in [1.807, 2.05) is 7.05 Å². The van der Waals surface area contributed by atoms with Gasteiger partial charge in [0.1, 0.15) is 11.9 Å². The van der Waals surface area contributed by atoms with Crippen LogP contribution in [0.1, 0.15) is 29.2 Å². The van der Waals surface area contributed by atoms with E-state index in [-0.39, 0.29) is 6.10 Å². The van der Waals surface area contributed by atoms with Gasteiger partial charge in [-0.2, -0.15) is 5.26 Å². The number of halogens is 1. The van der Waals surface area contributed by atoms with Gasteiger partial charge >= 0.3 is 0 Å². The highest BCUT2D eigenvalue weighted by Gasteiger charge is 2.40. The lowest BCUT2D eigenvalue weighted by Crippen LogP contribution is -2.40. The summed E-state index contributed by atoms with van der Waals surface area (Å²) in [6.45, 7) is 2.11. The average molecular weight is 368 g/mol. The Labute approximate surface area is 159 Å². The third-order valence-electron chi connectivity index (χ3n) is 5.55. The van der Waals surface area contributed by atoms with E-state index in [4.69, 9.17) is 21.6 Å². The smallest absolute Gasteiger partial charge is 0.140 e. The van der Waals surface area contributed by atoms with Crippen molar-refractivity contribution in [1.29, 1.82) is 5.26 Å². The predicted molar refractivity (Wildman–Crippen MR) is 103 cm³/mol. The second-order valence-corrected chi connectivity index (χ2v) is 7.44. The van der Waals surface area contributed by atoms with Gasteiger partial charge in [0.25, 0.3) is 0 Å². The first-order valence-electron chi connectivity index (χ1n) is 9.05. The maximum Gasteiger partial charge on any atom is 0.140 e. The SMILES string of the molecule is CNC1CCN(C2Cc3ccccc3[C@H]2Oc2ccc(C#N)cc2Cl)C1. The van der Waals surface area contributed by atoms with Gasteiger partial charge in [0.15, 0.2) is 0 Å². The van der Waals surface area contributed by atoms with Crippen molar-refractivity contribution in [3.63, 3.8) is 0 Å². The number of hydrogen-bond donors (Lipinski definition) is 1. The number of likely N-dealkylation sites (N-methyl/N-ethyl adjacent to an activating group) is 1. The highest BCUT2D eigenvalue weighted by atomic mass is 35.5. The van der Waals surface area contributed by atoms with Crippen LogP contribution in [0.3, 0.4) is 0 Å². The lowest BCUT2D eigenvalue weighted by atomic mass is 10.1. The molecule has 0 spiro atoms. The van der Waals surface area contributed by atoms with Gasteiger partial charge in [-0.1, -0.05) is 35.9 Å². The Bertz CT molecular complexity index is 847. The molecule has 3 atom stereocenters. The molecule has 2 unspecified atom stereocenters. The minimum atomic E-state index is -0.0489. The highest BCUT2D eigenvalue weighted by Crippen LogP contribution is 2.40. The number of nitriles is 1. The Kier molecular flexibility index (Phi) is 4.86. The van der Waals surface area contributed by atoms with Gasteiger partial charge in [-0.3, -0.25) is 4.90 Å². The number of hydrogen-bond acceptors (Lipinski definition) is 4. The summed E-state index contributed by atoms with van der Waals surface area (Å²) < 4.78 is 6.42. The fourth-order valence-electron chi connectivity index (χ4n) is 4.13. The molecule has 0 bridgehead atoms. The Hall–Kier alpha value is -2.06. The molecule has 0 aromatic heterocycles. The van der Waals surface area contributed by atoms with Crippen molar-refractivity contribution in [2.75, 3.05) is 20.1 Å². The molecule has 2 aliphatic rings. The monoisotopic (exact) mass is 367 g/mol. The molecule has 2 aromatic carbocycles. The van der Waals surface area contributed by atoms with Gasteiger partial charge in [0.2, 0.25) is 0 Å². The molecule has 5 heteroatoms. The van der Waals surface area contributed by atoms with E-state index in [0.717, 1.165) is 25.9 Å². The molecule has 1 saturated heterocycles. The van der Waals surface area contributed by atoms with Crippen LogP contribution in [0.15, 0.2) is 42.5 Å². The summed E-state index contributed by atoms with van der Waals surface area (Å²) in [5.74, 6) is 0.640. The quantitative estimate of drug-likeness (QED) is 0.897. The van der Waals surface area contributed by atoms with Crippen molar-refractivity contribution in [1.82, 2.24) is 10.2 Å². The molecule has 4 rings (SSSR count). The Morgan fingerprint density at radius 3 is 2.85 bits per heavy atom. The van der Waals surface area contributed by atoms with Crippen molar-refractivity contribution in [3.05, 3.63) is 64.2 Å². The zero-order valence-corrected chi connectivity index (χ0v) is 15.5. The Morgan fingerprint density at radius 2 is 2.12 bits per heavy atom. The van der Waals surface area contributed by atoms with E-state index in [9.17, 15) is 0 Å². The van der Waals surface area contributed by atoms with Crippen molar-refractivity contribution in [2.45, 2.75) is 31.0 Å². The van der Waals surface area contributed by atoms with Crippen LogP contribution >= 0.6 is 11.6 Å². The zero-order valence-electron chi connectivity index (χ0n) is 14.8. The maximum atomic E-state index is 9.04. The third kappa shape index (κ3) is 3.19. The average Bonchev–Trinajstić information content (AvgIpc) is 3.28. The molecule has 1 N–H and O–H groups in total. The first-order valence-corrected chi connectivity index (χ1v) is 9.43. The predicted octanol–water partition coefficient (Wildman–Crippen LogP) is 3.55. The molecule has 1 heterocycles. The minimum Gasteiger partial charge on any atom is -0.482 e. The van der Waals surface area contributed by atoms with Gasteiger partial charge in [-0.15, -0.1) is 0 Å². The van der Waals surface area contributed by atoms with E-state index in [1.54, 1.807) is 18.2 Å². The summed E-state index contributed by atoms with van der Waals surface area (Å²) in [4.78, 5) is 2.53. The lowest BCUT2D eigenvalue weighted by Gasteiger charge is -2.30. The molecule has 0 saturated carbocycles. The zero-order chi connectivity index (χ0) is 18.1. The second kappa shape index (κ2) is 7.28. The molecule has 0 amide bonds. The number of rotatable bonds is 4. The number of likely N-dealkylation sites (tertiary alicyclic amines) is 1. The van der Waals surface area contributed by atoms with Gasteiger partial charge < -0.3 is 10.1 Å². The van der Waals surface area contributed by atoms with E-state index in [2.05, 4.69) is 40.6 Å². The Morgan fingerprint density at radius 1 is 1.27 bits per heavy atom. The number of fused-ring (bicyclic) bond motifs is 1. The highest BCUT2D eigenvalue weighted by molar-refractivity contribution is 6.32. The first-order chi connectivity index (χ1) is 12.7. The van der Waals surface area contributed by atoms with Crippen LogP contribution in [0.5, 0.6) is 5.75 Å². The summed E-state index contributed by atoms with van der Waals surface area (Å²) in [5, 5.41) is 12.9. The van der Waals surface area contributed by atoms with E-state index in [1.165, 1.54) is 11.1 Å². The molecular weight excluding hydrogens is 346 g/mol. The molecule has 26 heavy (non-hydrogen) atoms. The molecule has 1 aliphatic carbocycles. The van der Waals surface area contributed by atoms with Crippen LogP contribution in [0.25, 0.3) is 0 Å². The molecule has 2 aromatic rings. The molecule has 1 fully saturated rings. The van der Waals surface area contributed by atoms with Crippen molar-refractivity contribution in [2.24, 2.45) is 0 Å². The van der Waals surface area contributed by atoms with E-state index in [0.29, 0.717) is 28.4 Å². The summed E-state index contributed by atoms with van der Waals surface area (Å²) >= 11 is 6.37. The molecule has 0 radical (unpaired) electrons. The fourth-order valence-corrected chi connectivity index (χ4v) is 4.35. The largest absolute Gasteiger partial charge is 0.482 e. The second-order valence-electron chi connectivity index (χ2n) is 7.03. The van der Waals surface area contributed by atoms with Gasteiger partial charge in [-0.05, 0) is 49.2 Å². The van der Waals surface area contributed by atoms with Crippen LogP contribution in [0.4, 0.5) is 0 Å². The number of nitrogens with zero attached hydrogens (tertiary/aromatic N) is 2. The van der Waals surface area contributed by atoms with Crippen LogP contribution in [0, 0.1) is 11.3 Å². The standard InChI is InChI=1S/C21H22ClN3O/c1-24-16-8-9-25(13-16)19-11-15-4-2-3-5-17(15)21(19)26-20-7-6-14(12-23)10-18(20)22/h2-7,10,16,19,21,24H,8-9,11,13H2,1H3/t16?,19?,21-/m1/s1. The number of ether oxygens (including phenoxy) is 1. The Balaban J connectivity index is 1.63. The molecule has 134 valence electrons. The van der Waals surface area contributed by atoms with Gasteiger partial charge in [-0.25, -0.2) is 0 Å². The van der Waals surface area contributed by atoms with Crippen LogP contribution in [0.2, 0.25) is 5.02 Å². The fraction of sp³-hybridized carbons (Fsp3) is 0.381. The van der Waals surface area contributed by atoms with E-state index < -0.39 is 0 Å². The van der Waals surface area contributed by atoms with Crippen LogP contribution < -0.4 is 10.1 Å². The third-order valence-corrected chi connectivity index (χ3v) is 5.85. The van der Waals surface area contributed by atoms with Crippen molar-refractivity contribution in [3.8, 4) is 11.8 Å². The van der Waals surface area contributed by atoms with Crippen LogP contribution in [-0.2, 0) is 6.42 Å². The van der Waals surface area contributed by atoms with Crippen molar-refractivity contribution < 1.29 is 4.74 Å². The molecular formula is C21H22ClN3O. The van der Waals surface area contributed by atoms with Gasteiger partial charge in [0, 0.05) is 19.1 Å². The lowest BCUT2D eigenvalue weighted by molar-refractivity contribution is 0.0928. The number of benzene rings is 2. The minimum absolute atomic E-state index is 0.0489. The van der Waals surface area contributed by atoms with Crippen molar-refractivity contribution >= 4 is 11.6 Å². The number of nitrogens with one attached hydrogen (secondary N) is 1. The van der Waals surface area contributed by atoms with E-state index >= 15 is 0 Å².